The fourth-order valence-corrected chi connectivity index (χ4v) is 3.58. The molecule has 1 unspecified atom stereocenters. The van der Waals surface area contributed by atoms with Crippen molar-refractivity contribution >= 4 is 27.3 Å². The molecule has 0 aliphatic heterocycles. The first-order chi connectivity index (χ1) is 13.0. The van der Waals surface area contributed by atoms with Crippen LogP contribution in [0, 0.1) is 5.82 Å². The zero-order chi connectivity index (χ0) is 21.1. The monoisotopic (exact) mass is 426 g/mol. The summed E-state index contributed by atoms with van der Waals surface area (Å²) in [5.41, 5.74) is 1.18. The Labute approximate surface area is 170 Å². The number of hydrogen-bond donors (Lipinski definition) is 0. The van der Waals surface area contributed by atoms with E-state index >= 15 is 0 Å². The average Bonchev–Trinajstić information content (AvgIpc) is 2.63. The Bertz CT molecular complexity index is 928. The van der Waals surface area contributed by atoms with Gasteiger partial charge in [-0.1, -0.05) is 29.8 Å². The van der Waals surface area contributed by atoms with Gasteiger partial charge in [0, 0.05) is 36.5 Å². The van der Waals surface area contributed by atoms with Crippen LogP contribution in [0.2, 0.25) is 5.02 Å². The highest BCUT2D eigenvalue weighted by molar-refractivity contribution is 7.90. The lowest BCUT2D eigenvalue weighted by Gasteiger charge is -2.27. The van der Waals surface area contributed by atoms with E-state index in [9.17, 15) is 17.6 Å². The average molecular weight is 427 g/mol. The first kappa shape index (κ1) is 22.3. The Morgan fingerprint density at radius 1 is 1.14 bits per heavy atom. The molecule has 2 aromatic rings. The molecule has 5 nitrogen and oxygen atoms in total. The molecular weight excluding hydrogens is 403 g/mol. The van der Waals surface area contributed by atoms with Gasteiger partial charge in [0.25, 0.3) is 0 Å². The molecule has 0 heterocycles. The predicted molar refractivity (Wildman–Crippen MR) is 108 cm³/mol. The van der Waals surface area contributed by atoms with Gasteiger partial charge in [-0.25, -0.2) is 12.8 Å². The van der Waals surface area contributed by atoms with E-state index in [1.165, 1.54) is 17.0 Å². The highest BCUT2D eigenvalue weighted by Crippen LogP contribution is 2.22. The van der Waals surface area contributed by atoms with E-state index in [0.717, 1.165) is 11.8 Å². The quantitative estimate of drug-likeness (QED) is 0.679. The summed E-state index contributed by atoms with van der Waals surface area (Å²) in [7, 11) is 0.156. The number of amides is 1. The lowest BCUT2D eigenvalue weighted by atomic mass is 10.1. The third kappa shape index (κ3) is 5.53. The second-order valence-electron chi connectivity index (χ2n) is 6.88. The number of nitrogens with zero attached hydrogens (tertiary/aromatic N) is 2. The number of likely N-dealkylation sites (N-methyl/N-ethyl adjacent to an activating group) is 2. The maximum atomic E-state index is 13.9. The van der Waals surface area contributed by atoms with Crippen molar-refractivity contribution in [2.45, 2.75) is 24.4 Å². The minimum atomic E-state index is -3.25. The normalized spacial score (nSPS) is 12.8. The molecule has 8 heteroatoms. The van der Waals surface area contributed by atoms with Gasteiger partial charge < -0.3 is 4.90 Å². The van der Waals surface area contributed by atoms with Gasteiger partial charge >= 0.3 is 0 Å². The van der Waals surface area contributed by atoms with Crippen LogP contribution in [-0.4, -0.2) is 51.0 Å². The first-order valence-electron chi connectivity index (χ1n) is 8.67. The minimum Gasteiger partial charge on any atom is -0.340 e. The molecule has 0 spiro atoms. The van der Waals surface area contributed by atoms with Crippen molar-refractivity contribution in [1.82, 2.24) is 9.80 Å². The number of hydrogen-bond acceptors (Lipinski definition) is 4. The number of rotatable bonds is 7. The standard InChI is InChI=1S/C20H24ClFN2O3S/c1-14(15-8-10-16(11-9-15)28(4,26)27)23(2)13-20(25)24(3)12-17-18(21)6-5-7-19(17)22/h5-11,14H,12-13H2,1-4H3. The highest BCUT2D eigenvalue weighted by atomic mass is 35.5. The van der Waals surface area contributed by atoms with Gasteiger partial charge in [0.2, 0.25) is 5.91 Å². The van der Waals surface area contributed by atoms with Crippen LogP contribution in [0.25, 0.3) is 0 Å². The van der Waals surface area contributed by atoms with Crippen LogP contribution in [0.15, 0.2) is 47.4 Å². The topological polar surface area (TPSA) is 57.7 Å². The Morgan fingerprint density at radius 2 is 1.75 bits per heavy atom. The van der Waals surface area contributed by atoms with Crippen LogP contribution in [0.3, 0.4) is 0 Å². The van der Waals surface area contributed by atoms with Gasteiger partial charge in [0.05, 0.1) is 11.4 Å². The molecule has 2 rings (SSSR count). The van der Waals surface area contributed by atoms with Crippen LogP contribution in [0.1, 0.15) is 24.1 Å². The van der Waals surface area contributed by atoms with Crippen LogP contribution in [0.5, 0.6) is 0 Å². The maximum Gasteiger partial charge on any atom is 0.236 e. The number of carbonyl (C=O) groups is 1. The molecule has 28 heavy (non-hydrogen) atoms. The van der Waals surface area contributed by atoms with Gasteiger partial charge in [-0.15, -0.1) is 0 Å². The van der Waals surface area contributed by atoms with Crippen molar-refractivity contribution < 1.29 is 17.6 Å². The molecule has 152 valence electrons. The number of halogens is 2. The molecule has 0 aliphatic rings. The summed E-state index contributed by atoms with van der Waals surface area (Å²) in [6, 6.07) is 10.9. The second-order valence-corrected chi connectivity index (χ2v) is 9.31. The van der Waals surface area contributed by atoms with Gasteiger partial charge in [0.15, 0.2) is 9.84 Å². The maximum absolute atomic E-state index is 13.9. The van der Waals surface area contributed by atoms with Crippen LogP contribution in [-0.2, 0) is 21.2 Å². The summed E-state index contributed by atoms with van der Waals surface area (Å²) in [6.07, 6.45) is 1.16. The van der Waals surface area contributed by atoms with E-state index in [1.54, 1.807) is 44.4 Å². The highest BCUT2D eigenvalue weighted by Gasteiger charge is 2.19. The number of sulfone groups is 1. The van der Waals surface area contributed by atoms with Crippen LogP contribution in [0.4, 0.5) is 4.39 Å². The van der Waals surface area contributed by atoms with E-state index in [-0.39, 0.29) is 40.5 Å². The van der Waals surface area contributed by atoms with Gasteiger partial charge in [-0.3, -0.25) is 9.69 Å². The molecule has 1 amide bonds. The number of carbonyl (C=O) groups excluding carboxylic acids is 1. The predicted octanol–water partition coefficient (Wildman–Crippen LogP) is 3.53. The van der Waals surface area contributed by atoms with Crippen molar-refractivity contribution in [3.63, 3.8) is 0 Å². The van der Waals surface area contributed by atoms with Gasteiger partial charge in [-0.05, 0) is 43.8 Å². The summed E-state index contributed by atoms with van der Waals surface area (Å²) in [5.74, 6) is -0.624. The lowest BCUT2D eigenvalue weighted by Crippen LogP contribution is -2.37. The van der Waals surface area contributed by atoms with Crippen molar-refractivity contribution in [3.05, 3.63) is 64.4 Å². The Balaban J connectivity index is 2.02. The molecule has 0 N–H and O–H groups in total. The summed E-state index contributed by atoms with van der Waals surface area (Å²) in [4.78, 5) is 16.1. The van der Waals surface area contributed by atoms with Crippen molar-refractivity contribution in [2.24, 2.45) is 0 Å². The van der Waals surface area contributed by atoms with Crippen LogP contribution < -0.4 is 0 Å². The smallest absolute Gasteiger partial charge is 0.236 e. The first-order valence-corrected chi connectivity index (χ1v) is 10.9. The summed E-state index contributed by atoms with van der Waals surface area (Å²) in [6.45, 7) is 2.13. The Hall–Kier alpha value is -1.96. The molecule has 0 saturated carbocycles. The molecular formula is C20H24ClFN2O3S. The van der Waals surface area contributed by atoms with Gasteiger partial charge in [-0.2, -0.15) is 0 Å². The van der Waals surface area contributed by atoms with Crippen molar-refractivity contribution in [3.8, 4) is 0 Å². The summed E-state index contributed by atoms with van der Waals surface area (Å²) in [5, 5.41) is 0.285. The molecule has 1 atom stereocenters. The fraction of sp³-hybridized carbons (Fsp3) is 0.350. The van der Waals surface area contributed by atoms with Crippen molar-refractivity contribution in [2.75, 3.05) is 26.9 Å². The molecule has 2 aromatic carbocycles. The third-order valence-electron chi connectivity index (χ3n) is 4.72. The van der Waals surface area contributed by atoms with Crippen molar-refractivity contribution in [1.29, 1.82) is 0 Å². The molecule has 0 bridgehead atoms. The molecule has 0 aromatic heterocycles. The fourth-order valence-electron chi connectivity index (χ4n) is 2.73. The zero-order valence-corrected chi connectivity index (χ0v) is 17.9. The SMILES string of the molecule is CC(c1ccc(S(C)(=O)=O)cc1)N(C)CC(=O)N(C)Cc1c(F)cccc1Cl. The van der Waals surface area contributed by atoms with Gasteiger partial charge in [0.1, 0.15) is 5.82 Å². The van der Waals surface area contributed by atoms with E-state index in [0.29, 0.717) is 0 Å². The number of benzene rings is 2. The largest absolute Gasteiger partial charge is 0.340 e. The zero-order valence-electron chi connectivity index (χ0n) is 16.3. The Morgan fingerprint density at radius 3 is 2.29 bits per heavy atom. The third-order valence-corrected chi connectivity index (χ3v) is 6.20. The lowest BCUT2D eigenvalue weighted by molar-refractivity contribution is -0.131. The molecule has 0 fully saturated rings. The summed E-state index contributed by atoms with van der Waals surface area (Å²) >= 11 is 6.03. The second kappa shape index (κ2) is 9.03. The van der Waals surface area contributed by atoms with E-state index in [4.69, 9.17) is 11.6 Å². The molecule has 0 aliphatic carbocycles. The molecule has 0 radical (unpaired) electrons. The molecule has 0 saturated heterocycles. The van der Waals surface area contributed by atoms with E-state index in [1.807, 2.05) is 11.8 Å². The van der Waals surface area contributed by atoms with Crippen LogP contribution >= 0.6 is 11.6 Å². The summed E-state index contributed by atoms with van der Waals surface area (Å²) < 4.78 is 37.1. The van der Waals surface area contributed by atoms with E-state index in [2.05, 4.69) is 0 Å². The minimum absolute atomic E-state index is 0.0790. The Kier molecular flexibility index (Phi) is 7.20. The van der Waals surface area contributed by atoms with E-state index < -0.39 is 15.7 Å².